The van der Waals surface area contributed by atoms with E-state index in [-0.39, 0.29) is 0 Å². The summed E-state index contributed by atoms with van der Waals surface area (Å²) in [6.45, 7) is 0. The first kappa shape index (κ1) is 26.8. The molecule has 0 bridgehead atoms. The van der Waals surface area contributed by atoms with E-state index in [1.54, 1.807) is 0 Å². The van der Waals surface area contributed by atoms with E-state index in [2.05, 4.69) is 158 Å². The summed E-state index contributed by atoms with van der Waals surface area (Å²) in [4.78, 5) is 10.4. The molecule has 0 unspecified atom stereocenters. The second-order valence-corrected chi connectivity index (χ2v) is 12.5. The summed E-state index contributed by atoms with van der Waals surface area (Å²) in [7, 11) is 0. The second kappa shape index (κ2) is 10.6. The third kappa shape index (κ3) is 4.06. The van der Waals surface area contributed by atoms with Crippen molar-refractivity contribution in [3.63, 3.8) is 0 Å². The molecule has 2 nitrogen and oxygen atoms in total. The molecule has 48 heavy (non-hydrogen) atoms. The zero-order chi connectivity index (χ0) is 31.6. The van der Waals surface area contributed by atoms with Crippen molar-refractivity contribution in [1.82, 2.24) is 9.97 Å². The molecule has 10 aromatic rings. The van der Waals surface area contributed by atoms with Crippen LogP contribution < -0.4 is 0 Å². The van der Waals surface area contributed by atoms with Crippen molar-refractivity contribution in [2.45, 2.75) is 0 Å². The van der Waals surface area contributed by atoms with Crippen LogP contribution in [0.4, 0.5) is 0 Å². The Bertz CT molecular complexity index is 2820. The Kier molecular flexibility index (Phi) is 5.91. The lowest BCUT2D eigenvalue weighted by atomic mass is 9.84. The Hall–Kier alpha value is -6.38. The Morgan fingerprint density at radius 1 is 0.312 bits per heavy atom. The molecule has 222 valence electrons. The average Bonchev–Trinajstić information content (AvgIpc) is 3.16. The molecule has 0 saturated carbocycles. The first-order chi connectivity index (χ1) is 23.8. The molecule has 10 rings (SSSR count). The standard InChI is InChI=1S/C46H28N2/c1-3-15-33-29(12-1)14-11-21-34(33)44-37-18-6-4-16-35(37)43(36-17-5-7-19-38(36)44)30-24-26-31(27-25-30)45-40-28-32-13-2-9-22-41(32)47-46(40)39-20-8-10-23-42(39)48-45/h1-28H. The highest BCUT2D eigenvalue weighted by atomic mass is 14.8. The van der Waals surface area contributed by atoms with E-state index in [4.69, 9.17) is 9.97 Å². The van der Waals surface area contributed by atoms with Crippen LogP contribution in [-0.4, -0.2) is 9.97 Å². The quantitative estimate of drug-likeness (QED) is 0.147. The maximum absolute atomic E-state index is 5.21. The number of aromatic nitrogens is 2. The molecule has 0 aliphatic heterocycles. The van der Waals surface area contributed by atoms with Gasteiger partial charge in [0.1, 0.15) is 0 Å². The second-order valence-electron chi connectivity index (χ2n) is 12.5. The zero-order valence-corrected chi connectivity index (χ0v) is 26.1. The summed E-state index contributed by atoms with van der Waals surface area (Å²) in [6.07, 6.45) is 0. The van der Waals surface area contributed by atoms with Gasteiger partial charge in [-0.05, 0) is 72.8 Å². The first-order valence-corrected chi connectivity index (χ1v) is 16.4. The average molecular weight is 609 g/mol. The van der Waals surface area contributed by atoms with E-state index in [0.717, 1.165) is 44.0 Å². The Morgan fingerprint density at radius 2 is 0.833 bits per heavy atom. The Labute approximate surface area is 277 Å². The topological polar surface area (TPSA) is 25.8 Å². The van der Waals surface area contributed by atoms with Crippen LogP contribution in [0.15, 0.2) is 170 Å². The van der Waals surface area contributed by atoms with E-state index in [9.17, 15) is 0 Å². The molecule has 0 fully saturated rings. The number of para-hydroxylation sites is 2. The summed E-state index contributed by atoms with van der Waals surface area (Å²) in [5, 5.41) is 10.8. The van der Waals surface area contributed by atoms with Crippen molar-refractivity contribution in [2.75, 3.05) is 0 Å². The van der Waals surface area contributed by atoms with Gasteiger partial charge in [0.25, 0.3) is 0 Å². The normalized spacial score (nSPS) is 11.8. The largest absolute Gasteiger partial charge is 0.247 e. The van der Waals surface area contributed by atoms with Gasteiger partial charge in [0.05, 0.1) is 22.2 Å². The van der Waals surface area contributed by atoms with Gasteiger partial charge in [0, 0.05) is 21.7 Å². The highest BCUT2D eigenvalue weighted by Crippen LogP contribution is 2.45. The van der Waals surface area contributed by atoms with E-state index in [0.29, 0.717) is 0 Å². The summed E-state index contributed by atoms with van der Waals surface area (Å²) in [5.41, 5.74) is 9.94. The molecule has 0 aliphatic rings. The number of hydrogen-bond acceptors (Lipinski definition) is 2. The van der Waals surface area contributed by atoms with Gasteiger partial charge >= 0.3 is 0 Å². The zero-order valence-electron chi connectivity index (χ0n) is 26.1. The number of benzene rings is 8. The van der Waals surface area contributed by atoms with Gasteiger partial charge in [0.2, 0.25) is 0 Å². The van der Waals surface area contributed by atoms with Gasteiger partial charge in [-0.1, -0.05) is 152 Å². The predicted octanol–water partition coefficient (Wildman–Crippen LogP) is 12.4. The molecule has 0 N–H and O–H groups in total. The van der Waals surface area contributed by atoms with Crippen molar-refractivity contribution in [3.05, 3.63) is 170 Å². The minimum absolute atomic E-state index is 0.952. The number of pyridine rings is 2. The fourth-order valence-corrected chi connectivity index (χ4v) is 7.64. The molecule has 0 amide bonds. The Balaban J connectivity index is 1.21. The van der Waals surface area contributed by atoms with E-state index < -0.39 is 0 Å². The van der Waals surface area contributed by atoms with Gasteiger partial charge in [-0.3, -0.25) is 0 Å². The highest BCUT2D eigenvalue weighted by Gasteiger charge is 2.18. The van der Waals surface area contributed by atoms with Crippen LogP contribution in [0, 0.1) is 0 Å². The lowest BCUT2D eigenvalue weighted by Crippen LogP contribution is -1.93. The monoisotopic (exact) mass is 608 g/mol. The summed E-state index contributed by atoms with van der Waals surface area (Å²) in [6, 6.07) is 60.9. The van der Waals surface area contributed by atoms with Crippen LogP contribution in [0.2, 0.25) is 0 Å². The molecule has 2 heterocycles. The minimum Gasteiger partial charge on any atom is -0.247 e. The molecule has 2 aromatic heterocycles. The van der Waals surface area contributed by atoms with Crippen LogP contribution in [-0.2, 0) is 0 Å². The SMILES string of the molecule is c1ccc2nc3c(cc2c1)c(-c1ccc(-c2c4ccccc4c(-c4cccc5ccccc45)c4ccccc24)cc1)nc1ccccc13. The molecular formula is C46H28N2. The van der Waals surface area contributed by atoms with E-state index >= 15 is 0 Å². The van der Waals surface area contributed by atoms with Crippen molar-refractivity contribution >= 4 is 65.0 Å². The number of fused-ring (bicyclic) bond motifs is 7. The maximum Gasteiger partial charge on any atom is 0.0825 e. The van der Waals surface area contributed by atoms with E-state index in [1.165, 1.54) is 54.6 Å². The number of nitrogens with zero attached hydrogens (tertiary/aromatic N) is 2. The molecule has 0 aliphatic carbocycles. The lowest BCUT2D eigenvalue weighted by Gasteiger charge is -2.19. The molecule has 0 radical (unpaired) electrons. The van der Waals surface area contributed by atoms with Gasteiger partial charge in [-0.2, -0.15) is 0 Å². The summed E-state index contributed by atoms with van der Waals surface area (Å²) in [5.74, 6) is 0. The van der Waals surface area contributed by atoms with Crippen LogP contribution in [0.5, 0.6) is 0 Å². The predicted molar refractivity (Wildman–Crippen MR) is 203 cm³/mol. The van der Waals surface area contributed by atoms with Crippen LogP contribution in [0.25, 0.3) is 98.5 Å². The smallest absolute Gasteiger partial charge is 0.0825 e. The van der Waals surface area contributed by atoms with Gasteiger partial charge in [0.15, 0.2) is 0 Å². The fourth-order valence-electron chi connectivity index (χ4n) is 7.64. The van der Waals surface area contributed by atoms with Crippen LogP contribution in [0.3, 0.4) is 0 Å². The first-order valence-electron chi connectivity index (χ1n) is 16.4. The molecule has 0 saturated heterocycles. The van der Waals surface area contributed by atoms with E-state index in [1.807, 2.05) is 12.1 Å². The van der Waals surface area contributed by atoms with Gasteiger partial charge in [-0.15, -0.1) is 0 Å². The van der Waals surface area contributed by atoms with Crippen molar-refractivity contribution in [3.8, 4) is 33.5 Å². The molecular weight excluding hydrogens is 581 g/mol. The summed E-state index contributed by atoms with van der Waals surface area (Å²) < 4.78 is 0. The third-order valence-corrected chi connectivity index (χ3v) is 9.81. The highest BCUT2D eigenvalue weighted by molar-refractivity contribution is 6.23. The van der Waals surface area contributed by atoms with Gasteiger partial charge in [-0.25, -0.2) is 9.97 Å². The molecule has 2 heteroatoms. The number of rotatable bonds is 3. The van der Waals surface area contributed by atoms with Crippen LogP contribution >= 0.6 is 0 Å². The van der Waals surface area contributed by atoms with Gasteiger partial charge < -0.3 is 0 Å². The minimum atomic E-state index is 0.952. The Morgan fingerprint density at radius 3 is 1.54 bits per heavy atom. The van der Waals surface area contributed by atoms with Crippen molar-refractivity contribution in [2.24, 2.45) is 0 Å². The maximum atomic E-state index is 5.21. The van der Waals surface area contributed by atoms with Crippen molar-refractivity contribution < 1.29 is 0 Å². The fraction of sp³-hybridized carbons (Fsp3) is 0. The van der Waals surface area contributed by atoms with Crippen molar-refractivity contribution in [1.29, 1.82) is 0 Å². The number of hydrogen-bond donors (Lipinski definition) is 0. The lowest BCUT2D eigenvalue weighted by molar-refractivity contribution is 1.41. The third-order valence-electron chi connectivity index (χ3n) is 9.81. The molecule has 8 aromatic carbocycles. The van der Waals surface area contributed by atoms with Crippen LogP contribution in [0.1, 0.15) is 0 Å². The molecule has 0 spiro atoms. The molecule has 0 atom stereocenters. The summed E-state index contributed by atoms with van der Waals surface area (Å²) >= 11 is 0.